The minimum Gasteiger partial charge on any atom is -0.444 e. The summed E-state index contributed by atoms with van der Waals surface area (Å²) >= 11 is 3.24. The zero-order valence-electron chi connectivity index (χ0n) is 14.4. The molecule has 0 bridgehead atoms. The summed E-state index contributed by atoms with van der Waals surface area (Å²) in [5, 5.41) is 5.88. The van der Waals surface area contributed by atoms with Gasteiger partial charge in [0.2, 0.25) is 0 Å². The average Bonchev–Trinajstić information content (AvgIpc) is 2.38. The van der Waals surface area contributed by atoms with Crippen LogP contribution in [0.2, 0.25) is 0 Å². The largest absolute Gasteiger partial charge is 0.444 e. The molecule has 0 saturated carbocycles. The van der Waals surface area contributed by atoms with Crippen molar-refractivity contribution in [3.8, 4) is 0 Å². The third-order valence-corrected chi connectivity index (χ3v) is 3.83. The van der Waals surface area contributed by atoms with E-state index < -0.39 is 11.7 Å². The number of alkyl carbamates (subject to hydrolysis) is 1. The Hall–Kier alpha value is -1.30. The molecule has 23 heavy (non-hydrogen) atoms. The molecule has 0 heterocycles. The van der Waals surface area contributed by atoms with Crippen molar-refractivity contribution in [1.29, 1.82) is 0 Å². The molecule has 6 heteroatoms. The first kappa shape index (κ1) is 19.7. The first-order valence-electron chi connectivity index (χ1n) is 7.74. The summed E-state index contributed by atoms with van der Waals surface area (Å²) in [5.41, 5.74) is -0.0629. The molecule has 1 aromatic carbocycles. The number of ether oxygens (including phenoxy) is 1. The molecule has 1 rings (SSSR count). The normalized spacial score (nSPS) is 12.9. The van der Waals surface area contributed by atoms with Gasteiger partial charge in [0.05, 0.1) is 5.69 Å². The number of benzene rings is 1. The van der Waals surface area contributed by atoms with Crippen molar-refractivity contribution in [3.05, 3.63) is 28.5 Å². The van der Waals surface area contributed by atoms with E-state index in [1.54, 1.807) is 12.1 Å². The van der Waals surface area contributed by atoms with Gasteiger partial charge in [-0.1, -0.05) is 29.8 Å². The molecule has 4 nitrogen and oxygen atoms in total. The van der Waals surface area contributed by atoms with Crippen molar-refractivity contribution in [2.24, 2.45) is 11.8 Å². The molecule has 0 saturated heterocycles. The van der Waals surface area contributed by atoms with E-state index >= 15 is 0 Å². The highest BCUT2D eigenvalue weighted by atomic mass is 79.9. The van der Waals surface area contributed by atoms with Crippen LogP contribution in [0.25, 0.3) is 0 Å². The molecule has 0 aliphatic heterocycles. The molecule has 1 unspecified atom stereocenters. The lowest BCUT2D eigenvalue weighted by Crippen LogP contribution is -2.38. The van der Waals surface area contributed by atoms with Gasteiger partial charge in [0.15, 0.2) is 0 Å². The van der Waals surface area contributed by atoms with Gasteiger partial charge in [-0.3, -0.25) is 0 Å². The van der Waals surface area contributed by atoms with Crippen molar-refractivity contribution in [2.45, 2.75) is 40.2 Å². The number of hydrogen-bond donors (Lipinski definition) is 2. The highest BCUT2D eigenvalue weighted by Crippen LogP contribution is 2.20. The van der Waals surface area contributed by atoms with Crippen LogP contribution in [0.15, 0.2) is 22.7 Å². The SMILES string of the molecule is CC(C)C(CNC(=O)OC(C)(C)C)CNc1ccc(Br)cc1F. The van der Waals surface area contributed by atoms with E-state index in [0.717, 1.165) is 0 Å². The lowest BCUT2D eigenvalue weighted by atomic mass is 9.95. The molecule has 0 aliphatic carbocycles. The van der Waals surface area contributed by atoms with E-state index in [1.807, 2.05) is 20.8 Å². The first-order chi connectivity index (χ1) is 10.6. The van der Waals surface area contributed by atoms with Crippen molar-refractivity contribution >= 4 is 27.7 Å². The predicted molar refractivity (Wildman–Crippen MR) is 95.2 cm³/mol. The molecule has 2 N–H and O–H groups in total. The first-order valence-corrected chi connectivity index (χ1v) is 8.53. The van der Waals surface area contributed by atoms with E-state index in [9.17, 15) is 9.18 Å². The third-order valence-electron chi connectivity index (χ3n) is 3.34. The van der Waals surface area contributed by atoms with E-state index in [2.05, 4.69) is 40.4 Å². The van der Waals surface area contributed by atoms with Crippen LogP contribution in [0, 0.1) is 17.7 Å². The highest BCUT2D eigenvalue weighted by Gasteiger charge is 2.19. The zero-order chi connectivity index (χ0) is 17.6. The molecule has 0 aromatic heterocycles. The summed E-state index contributed by atoms with van der Waals surface area (Å²) in [5.74, 6) is 0.184. The second-order valence-corrected chi connectivity index (χ2v) is 7.81. The minimum absolute atomic E-state index is 0.158. The quantitative estimate of drug-likeness (QED) is 0.735. The molecule has 1 aromatic rings. The molecule has 1 amide bonds. The maximum atomic E-state index is 13.8. The second-order valence-electron chi connectivity index (χ2n) is 6.89. The van der Waals surface area contributed by atoms with Gasteiger partial charge in [0.25, 0.3) is 0 Å². The van der Waals surface area contributed by atoms with Gasteiger partial charge in [-0.05, 0) is 50.8 Å². The molecule has 0 radical (unpaired) electrons. The number of anilines is 1. The van der Waals surface area contributed by atoms with Gasteiger partial charge < -0.3 is 15.4 Å². The van der Waals surface area contributed by atoms with Crippen LogP contribution in [0.5, 0.6) is 0 Å². The topological polar surface area (TPSA) is 50.4 Å². The van der Waals surface area contributed by atoms with Crippen LogP contribution in [0.1, 0.15) is 34.6 Å². The number of amides is 1. The van der Waals surface area contributed by atoms with E-state index in [1.165, 1.54) is 6.07 Å². The van der Waals surface area contributed by atoms with Crippen molar-refractivity contribution in [1.82, 2.24) is 5.32 Å². The molecule has 130 valence electrons. The summed E-state index contributed by atoms with van der Waals surface area (Å²) in [6.07, 6.45) is -0.432. The molecule has 0 aliphatic rings. The van der Waals surface area contributed by atoms with Crippen LogP contribution >= 0.6 is 15.9 Å². The summed E-state index contributed by atoms with van der Waals surface area (Å²) in [6.45, 7) is 10.6. The van der Waals surface area contributed by atoms with Crippen LogP contribution in [0.3, 0.4) is 0 Å². The predicted octanol–water partition coefficient (Wildman–Crippen LogP) is 4.80. The summed E-state index contributed by atoms with van der Waals surface area (Å²) < 4.78 is 19.7. The molecule has 0 spiro atoms. The minimum atomic E-state index is -0.518. The van der Waals surface area contributed by atoms with E-state index in [4.69, 9.17) is 4.74 Å². The number of carbonyl (C=O) groups is 1. The number of halogens is 2. The van der Waals surface area contributed by atoms with E-state index in [-0.39, 0.29) is 11.7 Å². The van der Waals surface area contributed by atoms with Crippen LogP contribution < -0.4 is 10.6 Å². The van der Waals surface area contributed by atoms with Gasteiger partial charge in [-0.2, -0.15) is 0 Å². The Morgan fingerprint density at radius 3 is 2.48 bits per heavy atom. The lowest BCUT2D eigenvalue weighted by molar-refractivity contribution is 0.0516. The fourth-order valence-corrected chi connectivity index (χ4v) is 2.28. The fourth-order valence-electron chi connectivity index (χ4n) is 1.95. The summed E-state index contributed by atoms with van der Waals surface area (Å²) in [4.78, 5) is 11.7. The average molecular weight is 389 g/mol. The zero-order valence-corrected chi connectivity index (χ0v) is 16.0. The Morgan fingerprint density at radius 2 is 1.96 bits per heavy atom. The number of rotatable bonds is 6. The number of carbonyl (C=O) groups excluding carboxylic acids is 1. The number of hydrogen-bond acceptors (Lipinski definition) is 3. The van der Waals surface area contributed by atoms with Gasteiger partial charge in [-0.25, -0.2) is 9.18 Å². The third kappa shape index (κ3) is 7.68. The summed E-state index contributed by atoms with van der Waals surface area (Å²) in [7, 11) is 0. The molecule has 1 atom stereocenters. The standard InChI is InChI=1S/C17H26BrFN2O2/c1-11(2)12(10-21-16(22)23-17(3,4)5)9-20-15-7-6-13(18)8-14(15)19/h6-8,11-12,20H,9-10H2,1-5H3,(H,21,22). The van der Waals surface area contributed by atoms with E-state index in [0.29, 0.717) is 29.2 Å². The number of nitrogens with one attached hydrogen (secondary N) is 2. The highest BCUT2D eigenvalue weighted by molar-refractivity contribution is 9.10. The molecular formula is C17H26BrFN2O2. The fraction of sp³-hybridized carbons (Fsp3) is 0.588. The Bertz CT molecular complexity index is 530. The Kier molecular flexibility index (Phi) is 7.32. The molecular weight excluding hydrogens is 363 g/mol. The van der Waals surface area contributed by atoms with Crippen molar-refractivity contribution in [3.63, 3.8) is 0 Å². The molecule has 0 fully saturated rings. The Morgan fingerprint density at radius 1 is 1.30 bits per heavy atom. The Balaban J connectivity index is 2.54. The summed E-state index contributed by atoms with van der Waals surface area (Å²) in [6, 6.07) is 4.90. The monoisotopic (exact) mass is 388 g/mol. The second kappa shape index (κ2) is 8.52. The van der Waals surface area contributed by atoms with Crippen LogP contribution in [-0.2, 0) is 4.74 Å². The van der Waals surface area contributed by atoms with Crippen LogP contribution in [-0.4, -0.2) is 24.8 Å². The van der Waals surface area contributed by atoms with Gasteiger partial charge in [-0.15, -0.1) is 0 Å². The van der Waals surface area contributed by atoms with Crippen LogP contribution in [0.4, 0.5) is 14.9 Å². The smallest absolute Gasteiger partial charge is 0.407 e. The maximum Gasteiger partial charge on any atom is 0.407 e. The van der Waals surface area contributed by atoms with Gasteiger partial charge in [0.1, 0.15) is 11.4 Å². The maximum absolute atomic E-state index is 13.8. The van der Waals surface area contributed by atoms with Crippen molar-refractivity contribution < 1.29 is 13.9 Å². The van der Waals surface area contributed by atoms with Gasteiger partial charge in [0, 0.05) is 17.6 Å². The van der Waals surface area contributed by atoms with Crippen molar-refractivity contribution in [2.75, 3.05) is 18.4 Å². The lowest BCUT2D eigenvalue weighted by Gasteiger charge is -2.24. The Labute approximate surface area is 146 Å². The van der Waals surface area contributed by atoms with Gasteiger partial charge >= 0.3 is 6.09 Å².